The average molecular weight is 346 g/mol. The van der Waals surface area contributed by atoms with Crippen molar-refractivity contribution in [3.63, 3.8) is 0 Å². The Labute approximate surface area is 148 Å². The van der Waals surface area contributed by atoms with Crippen LogP contribution in [-0.4, -0.2) is 47.3 Å². The molecule has 3 rings (SSSR count). The van der Waals surface area contributed by atoms with Crippen molar-refractivity contribution >= 4 is 11.3 Å². The number of thiazole rings is 1. The SMILES string of the molecule is Cc1nc(-c2ccccc2)sc1C(C)NCC(O)CN1CCCC1. The Bertz CT molecular complexity index is 637. The Balaban J connectivity index is 1.56. The zero-order valence-electron chi connectivity index (χ0n) is 14.5. The first-order chi connectivity index (χ1) is 11.6. The highest BCUT2D eigenvalue weighted by Crippen LogP contribution is 2.31. The molecule has 24 heavy (non-hydrogen) atoms. The Hall–Kier alpha value is -1.27. The molecule has 1 aliphatic rings. The summed E-state index contributed by atoms with van der Waals surface area (Å²) < 4.78 is 0. The van der Waals surface area contributed by atoms with Crippen molar-refractivity contribution in [1.82, 2.24) is 15.2 Å². The molecule has 2 aromatic rings. The van der Waals surface area contributed by atoms with E-state index in [1.807, 2.05) is 18.2 Å². The fourth-order valence-corrected chi connectivity index (χ4v) is 4.35. The van der Waals surface area contributed by atoms with Gasteiger partial charge in [-0.05, 0) is 39.8 Å². The molecule has 2 heterocycles. The van der Waals surface area contributed by atoms with Crippen molar-refractivity contribution in [3.8, 4) is 10.6 Å². The third kappa shape index (κ3) is 4.42. The van der Waals surface area contributed by atoms with Crippen molar-refractivity contribution < 1.29 is 5.11 Å². The first kappa shape index (κ1) is 17.5. The van der Waals surface area contributed by atoms with Crippen molar-refractivity contribution in [3.05, 3.63) is 40.9 Å². The second-order valence-corrected chi connectivity index (χ2v) is 7.66. The number of aliphatic hydroxyl groups is 1. The number of benzene rings is 1. The van der Waals surface area contributed by atoms with Gasteiger partial charge in [0.05, 0.1) is 11.8 Å². The molecular weight excluding hydrogens is 318 g/mol. The topological polar surface area (TPSA) is 48.4 Å². The molecule has 1 saturated heterocycles. The van der Waals surface area contributed by atoms with Gasteiger partial charge in [0.2, 0.25) is 0 Å². The fraction of sp³-hybridized carbons (Fsp3) is 0.526. The molecule has 130 valence electrons. The summed E-state index contributed by atoms with van der Waals surface area (Å²) in [5.41, 5.74) is 2.24. The maximum absolute atomic E-state index is 10.2. The van der Waals surface area contributed by atoms with Crippen molar-refractivity contribution in [2.24, 2.45) is 0 Å². The van der Waals surface area contributed by atoms with Crippen LogP contribution in [0.15, 0.2) is 30.3 Å². The number of hydrogen-bond acceptors (Lipinski definition) is 5. The summed E-state index contributed by atoms with van der Waals surface area (Å²) in [6.45, 7) is 7.86. The number of likely N-dealkylation sites (tertiary alicyclic amines) is 1. The molecule has 2 atom stereocenters. The van der Waals surface area contributed by atoms with Gasteiger partial charge in [-0.25, -0.2) is 4.98 Å². The Morgan fingerprint density at radius 2 is 1.96 bits per heavy atom. The number of aryl methyl sites for hydroxylation is 1. The average Bonchev–Trinajstić information content (AvgIpc) is 3.23. The van der Waals surface area contributed by atoms with Gasteiger partial charge in [0.25, 0.3) is 0 Å². The van der Waals surface area contributed by atoms with E-state index < -0.39 is 0 Å². The quantitative estimate of drug-likeness (QED) is 0.809. The lowest BCUT2D eigenvalue weighted by atomic mass is 10.2. The van der Waals surface area contributed by atoms with Gasteiger partial charge in [-0.15, -0.1) is 11.3 Å². The van der Waals surface area contributed by atoms with Crippen LogP contribution in [-0.2, 0) is 0 Å². The highest BCUT2D eigenvalue weighted by Gasteiger charge is 2.18. The monoisotopic (exact) mass is 345 g/mol. The molecule has 0 bridgehead atoms. The molecule has 2 N–H and O–H groups in total. The van der Waals surface area contributed by atoms with Gasteiger partial charge in [0, 0.05) is 29.6 Å². The number of aliphatic hydroxyl groups excluding tert-OH is 1. The van der Waals surface area contributed by atoms with Gasteiger partial charge in [-0.3, -0.25) is 0 Å². The first-order valence-corrected chi connectivity index (χ1v) is 9.61. The molecule has 1 aromatic heterocycles. The van der Waals surface area contributed by atoms with Crippen LogP contribution in [0.25, 0.3) is 10.6 Å². The van der Waals surface area contributed by atoms with E-state index >= 15 is 0 Å². The number of hydrogen-bond donors (Lipinski definition) is 2. The zero-order valence-corrected chi connectivity index (χ0v) is 15.4. The fourth-order valence-electron chi connectivity index (χ4n) is 3.25. The summed E-state index contributed by atoms with van der Waals surface area (Å²) in [6.07, 6.45) is 2.21. The van der Waals surface area contributed by atoms with Crippen LogP contribution in [0.4, 0.5) is 0 Å². The number of nitrogens with zero attached hydrogens (tertiary/aromatic N) is 2. The van der Waals surface area contributed by atoms with Crippen molar-refractivity contribution in [2.45, 2.75) is 38.8 Å². The Morgan fingerprint density at radius 3 is 2.67 bits per heavy atom. The molecule has 1 aliphatic heterocycles. The molecule has 5 heteroatoms. The van der Waals surface area contributed by atoms with E-state index in [0.29, 0.717) is 6.54 Å². The summed E-state index contributed by atoms with van der Waals surface area (Å²) in [6, 6.07) is 10.5. The molecule has 1 fully saturated rings. The molecule has 0 radical (unpaired) electrons. The molecule has 0 spiro atoms. The molecule has 0 saturated carbocycles. The van der Waals surface area contributed by atoms with Crippen LogP contribution < -0.4 is 5.32 Å². The minimum atomic E-state index is -0.313. The van der Waals surface area contributed by atoms with Gasteiger partial charge in [-0.2, -0.15) is 0 Å². The predicted molar refractivity (Wildman–Crippen MR) is 100 cm³/mol. The third-order valence-electron chi connectivity index (χ3n) is 4.57. The lowest BCUT2D eigenvalue weighted by molar-refractivity contribution is 0.121. The van der Waals surface area contributed by atoms with Crippen LogP contribution in [0.2, 0.25) is 0 Å². The van der Waals surface area contributed by atoms with E-state index in [-0.39, 0.29) is 12.1 Å². The molecule has 2 unspecified atom stereocenters. The van der Waals surface area contributed by atoms with Gasteiger partial charge < -0.3 is 15.3 Å². The predicted octanol–water partition coefficient (Wildman–Crippen LogP) is 3.23. The molecule has 0 aliphatic carbocycles. The van der Waals surface area contributed by atoms with Crippen LogP contribution in [0.1, 0.15) is 36.4 Å². The number of β-amino-alcohol motifs (C(OH)–C–C–N with tert-alkyl or cyclic N) is 1. The second kappa shape index (κ2) is 8.21. The number of nitrogens with one attached hydrogen (secondary N) is 1. The lowest BCUT2D eigenvalue weighted by Gasteiger charge is -2.21. The number of rotatable bonds is 7. The van der Waals surface area contributed by atoms with E-state index in [1.54, 1.807) is 11.3 Å². The van der Waals surface area contributed by atoms with Crippen molar-refractivity contribution in [1.29, 1.82) is 0 Å². The van der Waals surface area contributed by atoms with E-state index in [1.165, 1.54) is 17.7 Å². The van der Waals surface area contributed by atoms with E-state index in [0.717, 1.165) is 35.9 Å². The maximum atomic E-state index is 10.2. The minimum Gasteiger partial charge on any atom is -0.390 e. The van der Waals surface area contributed by atoms with Crippen molar-refractivity contribution in [2.75, 3.05) is 26.2 Å². The summed E-state index contributed by atoms with van der Waals surface area (Å²) in [4.78, 5) is 8.32. The second-order valence-electron chi connectivity index (χ2n) is 6.63. The van der Waals surface area contributed by atoms with E-state index in [4.69, 9.17) is 4.98 Å². The smallest absolute Gasteiger partial charge is 0.123 e. The highest BCUT2D eigenvalue weighted by molar-refractivity contribution is 7.15. The Kier molecular flexibility index (Phi) is 6.00. The molecular formula is C19H27N3OS. The highest BCUT2D eigenvalue weighted by atomic mass is 32.1. The van der Waals surface area contributed by atoms with Crippen LogP contribution in [0.5, 0.6) is 0 Å². The van der Waals surface area contributed by atoms with Crippen LogP contribution in [0.3, 0.4) is 0 Å². The summed E-state index contributed by atoms with van der Waals surface area (Å²) in [7, 11) is 0. The maximum Gasteiger partial charge on any atom is 0.123 e. The van der Waals surface area contributed by atoms with Gasteiger partial charge in [0.15, 0.2) is 0 Å². The van der Waals surface area contributed by atoms with E-state index in [9.17, 15) is 5.11 Å². The standard InChI is InChI=1S/C19H27N3OS/c1-14(20-12-17(23)13-22-10-6-7-11-22)18-15(2)21-19(24-18)16-8-4-3-5-9-16/h3-5,8-9,14,17,20,23H,6-7,10-13H2,1-2H3. The largest absolute Gasteiger partial charge is 0.390 e. The summed E-state index contributed by atoms with van der Waals surface area (Å²) >= 11 is 1.74. The molecule has 1 aromatic carbocycles. The number of aromatic nitrogens is 1. The lowest BCUT2D eigenvalue weighted by Crippen LogP contribution is -2.37. The van der Waals surface area contributed by atoms with Gasteiger partial charge in [-0.1, -0.05) is 30.3 Å². The summed E-state index contributed by atoms with van der Waals surface area (Å²) in [5, 5.41) is 14.8. The zero-order chi connectivity index (χ0) is 16.9. The normalized spacial score (nSPS) is 18.0. The third-order valence-corrected chi connectivity index (χ3v) is 5.96. The Morgan fingerprint density at radius 1 is 1.25 bits per heavy atom. The van der Waals surface area contributed by atoms with Gasteiger partial charge in [0.1, 0.15) is 5.01 Å². The van der Waals surface area contributed by atoms with E-state index in [2.05, 4.69) is 36.2 Å². The molecule has 0 amide bonds. The van der Waals surface area contributed by atoms with Crippen LogP contribution >= 0.6 is 11.3 Å². The van der Waals surface area contributed by atoms with Gasteiger partial charge >= 0.3 is 0 Å². The summed E-state index contributed by atoms with van der Waals surface area (Å²) in [5.74, 6) is 0. The minimum absolute atomic E-state index is 0.202. The first-order valence-electron chi connectivity index (χ1n) is 8.80. The molecule has 4 nitrogen and oxygen atoms in total. The van der Waals surface area contributed by atoms with Crippen LogP contribution in [0, 0.1) is 6.92 Å².